The highest BCUT2D eigenvalue weighted by molar-refractivity contribution is 5.95. The van der Waals surface area contributed by atoms with Crippen molar-refractivity contribution in [2.24, 2.45) is 0 Å². The molecule has 0 radical (unpaired) electrons. The van der Waals surface area contributed by atoms with Crippen molar-refractivity contribution in [2.45, 2.75) is 64.2 Å². The predicted octanol–water partition coefficient (Wildman–Crippen LogP) is 3.13. The lowest BCUT2D eigenvalue weighted by Crippen LogP contribution is -2.44. The number of pyridine rings is 1. The number of carbonyl (C=O) groups excluding carboxylic acids is 1. The molecule has 3 N–H and O–H groups in total. The van der Waals surface area contributed by atoms with Gasteiger partial charge in [-0.3, -0.25) is 9.48 Å². The highest BCUT2D eigenvalue weighted by atomic mass is 19.4. The molecular weight excluding hydrogens is 517 g/mol. The van der Waals surface area contributed by atoms with E-state index in [9.17, 15) is 27.9 Å². The van der Waals surface area contributed by atoms with Crippen LogP contribution in [0.15, 0.2) is 24.4 Å². The van der Waals surface area contributed by atoms with Crippen molar-refractivity contribution in [3.05, 3.63) is 41.3 Å². The van der Waals surface area contributed by atoms with E-state index in [1.54, 1.807) is 0 Å². The molecular formula is C26H37F3N6O4. The van der Waals surface area contributed by atoms with Gasteiger partial charge in [-0.2, -0.15) is 18.3 Å². The molecule has 0 saturated carbocycles. The number of aromatic nitrogens is 3. The number of ether oxygens (including phenoxy) is 1. The average Bonchev–Trinajstić information content (AvgIpc) is 3.34. The number of alkyl halides is 3. The third-order valence-electron chi connectivity index (χ3n) is 6.48. The number of aliphatic carboxylic acids is 1. The minimum Gasteiger partial charge on any atom is -0.480 e. The number of unbranched alkanes of at least 4 members (excludes halogenated alkanes) is 1. The maximum Gasteiger partial charge on any atom is 0.408 e. The molecule has 0 aromatic carbocycles. The molecule has 13 heteroatoms. The van der Waals surface area contributed by atoms with Crippen LogP contribution in [0.5, 0.6) is 0 Å². The molecule has 2 aromatic heterocycles. The van der Waals surface area contributed by atoms with Gasteiger partial charge in [-0.05, 0) is 69.7 Å². The van der Waals surface area contributed by atoms with Gasteiger partial charge in [-0.25, -0.2) is 9.78 Å². The van der Waals surface area contributed by atoms with Gasteiger partial charge in [0.2, 0.25) is 0 Å². The van der Waals surface area contributed by atoms with Crippen LogP contribution < -0.4 is 10.6 Å². The van der Waals surface area contributed by atoms with Crippen LogP contribution in [0.3, 0.4) is 0 Å². The molecule has 1 atom stereocenters. The van der Waals surface area contributed by atoms with E-state index in [-0.39, 0.29) is 12.1 Å². The van der Waals surface area contributed by atoms with Gasteiger partial charge >= 0.3 is 12.1 Å². The Kier molecular flexibility index (Phi) is 11.5. The highest BCUT2D eigenvalue weighted by Crippen LogP contribution is 2.20. The van der Waals surface area contributed by atoms with E-state index in [4.69, 9.17) is 9.72 Å². The second-order valence-corrected chi connectivity index (χ2v) is 9.48. The molecule has 0 unspecified atom stereocenters. The predicted molar refractivity (Wildman–Crippen MR) is 139 cm³/mol. The Balaban J connectivity index is 1.51. The lowest BCUT2D eigenvalue weighted by molar-refractivity contribution is -0.143. The molecule has 0 saturated heterocycles. The van der Waals surface area contributed by atoms with E-state index in [0.29, 0.717) is 37.5 Å². The van der Waals surface area contributed by atoms with Crippen LogP contribution in [0.25, 0.3) is 0 Å². The molecule has 1 amide bonds. The normalized spacial score (nSPS) is 14.1. The first-order chi connectivity index (χ1) is 18.7. The topological polar surface area (TPSA) is 122 Å². The number of hydrogen-bond acceptors (Lipinski definition) is 7. The number of carbonyl (C=O) groups is 2. The number of hydrogen-bond donors (Lipinski definition) is 3. The van der Waals surface area contributed by atoms with Crippen LogP contribution >= 0.6 is 0 Å². The largest absolute Gasteiger partial charge is 0.480 e. The number of halogens is 3. The molecule has 39 heavy (non-hydrogen) atoms. The monoisotopic (exact) mass is 554 g/mol. The van der Waals surface area contributed by atoms with E-state index >= 15 is 0 Å². The van der Waals surface area contributed by atoms with Crippen LogP contribution in [-0.2, 0) is 28.9 Å². The highest BCUT2D eigenvalue weighted by Gasteiger charge is 2.31. The Labute approximate surface area is 225 Å². The van der Waals surface area contributed by atoms with E-state index < -0.39 is 30.6 Å². The first-order valence-electron chi connectivity index (χ1n) is 13.3. The molecule has 0 spiro atoms. The lowest BCUT2D eigenvalue weighted by Gasteiger charge is -2.24. The molecule has 3 rings (SSSR count). The molecule has 0 bridgehead atoms. The van der Waals surface area contributed by atoms with Crippen LogP contribution in [0.2, 0.25) is 0 Å². The Hall–Kier alpha value is -3.19. The quantitative estimate of drug-likeness (QED) is 0.271. The van der Waals surface area contributed by atoms with Gasteiger partial charge in [0, 0.05) is 38.1 Å². The number of carboxylic acid groups (broad SMARTS) is 1. The smallest absolute Gasteiger partial charge is 0.408 e. The number of aryl methyl sites for hydroxylation is 2. The van der Waals surface area contributed by atoms with Gasteiger partial charge < -0.3 is 25.4 Å². The van der Waals surface area contributed by atoms with Crippen LogP contribution in [0.1, 0.15) is 54.4 Å². The van der Waals surface area contributed by atoms with E-state index in [1.807, 2.05) is 6.92 Å². The number of carboxylic acids is 1. The number of nitrogens with one attached hydrogen (secondary N) is 2. The standard InChI is InChI=1S/C26H37F3N6O4/c1-2-39-17-16-34(14-4-3-7-20-9-8-19-6-5-12-30-23(19)32-20)15-11-21(25(37)38)33-24(36)22-10-13-31-35(22)18-26(27,28)29/h8-10,13,21H,2-7,11-12,14-18H2,1H3,(H,30,32)(H,33,36)(H,37,38)/t21-/m0/s1. The van der Waals surface area contributed by atoms with Gasteiger partial charge in [0.25, 0.3) is 5.91 Å². The third-order valence-corrected chi connectivity index (χ3v) is 6.48. The summed E-state index contributed by atoms with van der Waals surface area (Å²) >= 11 is 0. The van der Waals surface area contributed by atoms with Gasteiger partial charge in [-0.15, -0.1) is 0 Å². The fourth-order valence-electron chi connectivity index (χ4n) is 4.45. The lowest BCUT2D eigenvalue weighted by atomic mass is 10.1. The fourth-order valence-corrected chi connectivity index (χ4v) is 4.45. The first-order valence-corrected chi connectivity index (χ1v) is 13.3. The van der Waals surface area contributed by atoms with E-state index in [1.165, 1.54) is 5.56 Å². The zero-order valence-electron chi connectivity index (χ0n) is 22.2. The molecule has 2 aromatic rings. The summed E-state index contributed by atoms with van der Waals surface area (Å²) in [5, 5.41) is 18.9. The fraction of sp³-hybridized carbons (Fsp3) is 0.615. The first kappa shape index (κ1) is 30.4. The average molecular weight is 555 g/mol. The minimum absolute atomic E-state index is 0.0820. The van der Waals surface area contributed by atoms with Gasteiger partial charge in [0.1, 0.15) is 24.1 Å². The van der Waals surface area contributed by atoms with Crippen LogP contribution in [0.4, 0.5) is 19.0 Å². The summed E-state index contributed by atoms with van der Waals surface area (Å²) in [5.74, 6) is -1.21. The molecule has 0 aliphatic carbocycles. The molecule has 0 fully saturated rings. The number of anilines is 1. The summed E-state index contributed by atoms with van der Waals surface area (Å²) < 4.78 is 44.3. The number of fused-ring (bicyclic) bond motifs is 1. The summed E-state index contributed by atoms with van der Waals surface area (Å²) in [4.78, 5) is 31.2. The molecule has 3 heterocycles. The van der Waals surface area contributed by atoms with E-state index in [0.717, 1.165) is 62.4 Å². The Bertz CT molecular complexity index is 1080. The van der Waals surface area contributed by atoms with Crippen molar-refractivity contribution in [1.82, 2.24) is 25.0 Å². The molecule has 216 valence electrons. The summed E-state index contributed by atoms with van der Waals surface area (Å²) in [6.07, 6.45) is 1.33. The van der Waals surface area contributed by atoms with Crippen molar-refractivity contribution in [2.75, 3.05) is 44.7 Å². The van der Waals surface area contributed by atoms with Gasteiger partial charge in [0.05, 0.1) is 6.61 Å². The number of amides is 1. The molecule has 1 aliphatic heterocycles. The van der Waals surface area contributed by atoms with Crippen LogP contribution in [0, 0.1) is 0 Å². The second kappa shape index (κ2) is 14.8. The maximum absolute atomic E-state index is 12.8. The summed E-state index contributed by atoms with van der Waals surface area (Å²) in [6, 6.07) is 4.06. The Morgan fingerprint density at radius 3 is 2.79 bits per heavy atom. The number of rotatable bonds is 16. The summed E-state index contributed by atoms with van der Waals surface area (Å²) in [5.41, 5.74) is 1.93. The van der Waals surface area contributed by atoms with Crippen molar-refractivity contribution in [1.29, 1.82) is 0 Å². The van der Waals surface area contributed by atoms with Crippen molar-refractivity contribution < 1.29 is 32.6 Å². The van der Waals surface area contributed by atoms with Gasteiger partial charge in [-0.1, -0.05) is 6.07 Å². The number of nitrogens with zero attached hydrogens (tertiary/aromatic N) is 4. The third kappa shape index (κ3) is 10.1. The van der Waals surface area contributed by atoms with Crippen molar-refractivity contribution >= 4 is 17.7 Å². The minimum atomic E-state index is -4.57. The van der Waals surface area contributed by atoms with Gasteiger partial charge in [0.15, 0.2) is 0 Å². The van der Waals surface area contributed by atoms with Crippen molar-refractivity contribution in [3.63, 3.8) is 0 Å². The second-order valence-electron chi connectivity index (χ2n) is 9.48. The molecule has 1 aliphatic rings. The summed E-state index contributed by atoms with van der Waals surface area (Å²) in [6.45, 7) is 4.09. The SMILES string of the molecule is CCOCCN(CCCCc1ccc2c(n1)NCCC2)CC[C@H](NC(=O)c1ccnn1CC(F)(F)F)C(=O)O. The zero-order valence-corrected chi connectivity index (χ0v) is 22.2. The Morgan fingerprint density at radius 1 is 1.23 bits per heavy atom. The Morgan fingerprint density at radius 2 is 2.05 bits per heavy atom. The molecule has 10 nitrogen and oxygen atoms in total. The van der Waals surface area contributed by atoms with Crippen LogP contribution in [-0.4, -0.2) is 88.3 Å². The van der Waals surface area contributed by atoms with E-state index in [2.05, 4.69) is 32.8 Å². The summed E-state index contributed by atoms with van der Waals surface area (Å²) in [7, 11) is 0. The van der Waals surface area contributed by atoms with Crippen molar-refractivity contribution in [3.8, 4) is 0 Å². The maximum atomic E-state index is 12.8. The zero-order chi connectivity index (χ0) is 28.3.